The molecule has 0 saturated heterocycles. The third-order valence-electron chi connectivity index (χ3n) is 6.49. The van der Waals surface area contributed by atoms with E-state index in [1.165, 1.54) is 11.0 Å². The highest BCUT2D eigenvalue weighted by atomic mass is 16.2. The molecule has 33 heavy (non-hydrogen) atoms. The molecule has 1 aliphatic rings. The first-order valence-corrected chi connectivity index (χ1v) is 11.9. The molecule has 0 radical (unpaired) electrons. The van der Waals surface area contributed by atoms with E-state index in [9.17, 15) is 14.4 Å². The van der Waals surface area contributed by atoms with Gasteiger partial charge in [0.15, 0.2) is 11.2 Å². The number of imidazole rings is 1. The van der Waals surface area contributed by atoms with E-state index in [2.05, 4.69) is 31.1 Å². The number of carbonyl (C=O) groups is 1. The molecule has 2 unspecified atom stereocenters. The first kappa shape index (κ1) is 23.0. The molecule has 0 bridgehead atoms. The van der Waals surface area contributed by atoms with Crippen LogP contribution in [0, 0.1) is 11.8 Å². The van der Waals surface area contributed by atoms with Crippen molar-refractivity contribution in [2.24, 2.45) is 11.8 Å². The highest BCUT2D eigenvalue weighted by Gasteiger charge is 2.25. The number of hydrogen-bond acceptors (Lipinski definition) is 4. The van der Waals surface area contributed by atoms with Crippen LogP contribution in [0.15, 0.2) is 46.2 Å². The third-order valence-corrected chi connectivity index (χ3v) is 6.49. The fourth-order valence-corrected chi connectivity index (χ4v) is 4.75. The minimum atomic E-state index is -0.516. The van der Waals surface area contributed by atoms with Gasteiger partial charge in [0.2, 0.25) is 5.91 Å². The van der Waals surface area contributed by atoms with Crippen LogP contribution in [0.3, 0.4) is 0 Å². The molecule has 176 valence electrons. The zero-order valence-corrected chi connectivity index (χ0v) is 19.7. The molecule has 0 spiro atoms. The molecule has 0 aliphatic heterocycles. The second-order valence-corrected chi connectivity index (χ2v) is 9.64. The Kier molecular flexibility index (Phi) is 6.81. The molecule has 3 aromatic rings. The predicted molar refractivity (Wildman–Crippen MR) is 128 cm³/mol. The largest absolute Gasteiger partial charge is 0.352 e. The summed E-state index contributed by atoms with van der Waals surface area (Å²) in [5.74, 6) is 0.387. The molecule has 1 aromatic carbocycles. The van der Waals surface area contributed by atoms with Crippen molar-refractivity contribution in [3.63, 3.8) is 0 Å². The number of nitrogens with zero attached hydrogens (tertiary/aromatic N) is 4. The van der Waals surface area contributed by atoms with Crippen molar-refractivity contribution in [1.82, 2.24) is 24.0 Å². The highest BCUT2D eigenvalue weighted by molar-refractivity contribution is 5.77. The van der Waals surface area contributed by atoms with Gasteiger partial charge in [0.1, 0.15) is 6.54 Å². The SMILES string of the molecule is CC(C)Cn1cnc2c1c(=O)n(CC(=O)NC1CCCCC1C)c(=O)n2Cc1ccccc1. The van der Waals surface area contributed by atoms with Crippen molar-refractivity contribution in [3.8, 4) is 0 Å². The lowest BCUT2D eigenvalue weighted by Gasteiger charge is -2.29. The average Bonchev–Trinajstić information content (AvgIpc) is 3.19. The first-order chi connectivity index (χ1) is 15.8. The number of fused-ring (bicyclic) bond motifs is 1. The van der Waals surface area contributed by atoms with Gasteiger partial charge in [-0.1, -0.05) is 63.9 Å². The molecule has 2 heterocycles. The Bertz CT molecular complexity index is 1240. The van der Waals surface area contributed by atoms with Gasteiger partial charge in [0, 0.05) is 12.6 Å². The van der Waals surface area contributed by atoms with Gasteiger partial charge in [-0.2, -0.15) is 0 Å². The van der Waals surface area contributed by atoms with E-state index >= 15 is 0 Å². The molecule has 2 aromatic heterocycles. The van der Waals surface area contributed by atoms with Crippen LogP contribution in [0.4, 0.5) is 0 Å². The summed E-state index contributed by atoms with van der Waals surface area (Å²) in [7, 11) is 0. The molecular formula is C25H33N5O3. The van der Waals surface area contributed by atoms with Gasteiger partial charge in [-0.05, 0) is 30.2 Å². The van der Waals surface area contributed by atoms with Crippen LogP contribution in [0.25, 0.3) is 11.2 Å². The fraction of sp³-hybridized carbons (Fsp3) is 0.520. The van der Waals surface area contributed by atoms with Gasteiger partial charge < -0.3 is 9.88 Å². The van der Waals surface area contributed by atoms with Crippen LogP contribution < -0.4 is 16.6 Å². The van der Waals surface area contributed by atoms with E-state index < -0.39 is 11.2 Å². The summed E-state index contributed by atoms with van der Waals surface area (Å²) in [6.07, 6.45) is 5.88. The quantitative estimate of drug-likeness (QED) is 0.598. The number of aromatic nitrogens is 4. The highest BCUT2D eigenvalue weighted by Crippen LogP contribution is 2.23. The normalized spacial score (nSPS) is 18.7. The Morgan fingerprint density at radius 1 is 1.12 bits per heavy atom. The maximum atomic E-state index is 13.4. The van der Waals surface area contributed by atoms with E-state index in [1.807, 2.05) is 30.3 Å². The lowest BCUT2D eigenvalue weighted by atomic mass is 9.86. The Labute approximate surface area is 193 Å². The standard InChI is InChI=1S/C25H33N5O3/c1-17(2)13-28-16-26-23-22(28)24(32)30(15-21(31)27-20-12-8-7-9-18(20)3)25(33)29(23)14-19-10-5-4-6-11-19/h4-6,10-11,16-18,20H,7-9,12-15H2,1-3H3,(H,27,31). The molecule has 1 aliphatic carbocycles. The monoisotopic (exact) mass is 451 g/mol. The molecule has 4 rings (SSSR count). The van der Waals surface area contributed by atoms with E-state index in [0.29, 0.717) is 29.5 Å². The first-order valence-electron chi connectivity index (χ1n) is 11.9. The fourth-order valence-electron chi connectivity index (χ4n) is 4.75. The zero-order chi connectivity index (χ0) is 23.5. The summed E-state index contributed by atoms with van der Waals surface area (Å²) in [4.78, 5) is 44.2. The van der Waals surface area contributed by atoms with Crippen LogP contribution in [0.2, 0.25) is 0 Å². The Morgan fingerprint density at radius 3 is 2.55 bits per heavy atom. The number of amides is 1. The summed E-state index contributed by atoms with van der Waals surface area (Å²) in [5, 5.41) is 3.06. The number of hydrogen-bond donors (Lipinski definition) is 1. The van der Waals surface area contributed by atoms with Crippen molar-refractivity contribution < 1.29 is 4.79 Å². The number of carbonyl (C=O) groups excluding carboxylic acids is 1. The maximum absolute atomic E-state index is 13.4. The maximum Gasteiger partial charge on any atom is 0.333 e. The van der Waals surface area contributed by atoms with Crippen molar-refractivity contribution in [3.05, 3.63) is 63.1 Å². The van der Waals surface area contributed by atoms with Crippen LogP contribution >= 0.6 is 0 Å². The van der Waals surface area contributed by atoms with Gasteiger partial charge >= 0.3 is 5.69 Å². The van der Waals surface area contributed by atoms with Gasteiger partial charge in [0.25, 0.3) is 5.56 Å². The summed E-state index contributed by atoms with van der Waals surface area (Å²) in [5.41, 5.74) is 0.650. The van der Waals surface area contributed by atoms with Gasteiger partial charge in [-0.3, -0.25) is 14.2 Å². The molecular weight excluding hydrogens is 418 g/mol. The minimum absolute atomic E-state index is 0.0868. The van der Waals surface area contributed by atoms with E-state index in [0.717, 1.165) is 29.4 Å². The molecule has 1 fully saturated rings. The van der Waals surface area contributed by atoms with Crippen molar-refractivity contribution in [2.75, 3.05) is 0 Å². The van der Waals surface area contributed by atoms with Crippen molar-refractivity contribution in [2.45, 2.75) is 72.1 Å². The topological polar surface area (TPSA) is 90.9 Å². The predicted octanol–water partition coefficient (Wildman–Crippen LogP) is 2.76. The minimum Gasteiger partial charge on any atom is -0.352 e. The van der Waals surface area contributed by atoms with Crippen LogP contribution in [0.5, 0.6) is 0 Å². The Morgan fingerprint density at radius 2 is 1.85 bits per heavy atom. The second-order valence-electron chi connectivity index (χ2n) is 9.64. The lowest BCUT2D eigenvalue weighted by molar-refractivity contribution is -0.123. The number of benzene rings is 1. The van der Waals surface area contributed by atoms with Crippen LogP contribution in [0.1, 0.15) is 52.0 Å². The number of nitrogens with one attached hydrogen (secondary N) is 1. The Balaban J connectivity index is 1.75. The van der Waals surface area contributed by atoms with Gasteiger partial charge in [0.05, 0.1) is 12.9 Å². The summed E-state index contributed by atoms with van der Waals surface area (Å²) in [6, 6.07) is 9.67. The molecule has 2 atom stereocenters. The smallest absolute Gasteiger partial charge is 0.333 e. The van der Waals surface area contributed by atoms with Gasteiger partial charge in [-0.15, -0.1) is 0 Å². The van der Waals surface area contributed by atoms with E-state index in [1.54, 1.807) is 10.9 Å². The van der Waals surface area contributed by atoms with E-state index in [-0.39, 0.29) is 25.0 Å². The third kappa shape index (κ3) is 4.94. The number of rotatable bonds is 7. The van der Waals surface area contributed by atoms with Crippen molar-refractivity contribution >= 4 is 17.1 Å². The van der Waals surface area contributed by atoms with Crippen LogP contribution in [-0.2, 0) is 24.4 Å². The molecule has 1 saturated carbocycles. The summed E-state index contributed by atoms with van der Waals surface area (Å²) < 4.78 is 4.35. The molecule has 8 heteroatoms. The van der Waals surface area contributed by atoms with Crippen molar-refractivity contribution in [1.29, 1.82) is 0 Å². The zero-order valence-electron chi connectivity index (χ0n) is 19.7. The molecule has 8 nitrogen and oxygen atoms in total. The Hall–Kier alpha value is -3.16. The summed E-state index contributed by atoms with van der Waals surface area (Å²) >= 11 is 0. The molecule has 1 N–H and O–H groups in total. The van der Waals surface area contributed by atoms with Crippen LogP contribution in [-0.4, -0.2) is 30.6 Å². The molecule has 1 amide bonds. The summed E-state index contributed by atoms with van der Waals surface area (Å²) in [6.45, 7) is 6.84. The lowest BCUT2D eigenvalue weighted by Crippen LogP contribution is -2.47. The van der Waals surface area contributed by atoms with Gasteiger partial charge in [-0.25, -0.2) is 14.3 Å². The average molecular weight is 452 g/mol. The van der Waals surface area contributed by atoms with E-state index in [4.69, 9.17) is 0 Å². The second kappa shape index (κ2) is 9.77.